The molecule has 2 N–H and O–H groups in total. The van der Waals surface area contributed by atoms with E-state index in [4.69, 9.17) is 0 Å². The SMILES string of the molecule is CC(C)CC(C)CC(=O)NC1(C(=O)O)CCSCC1. The number of thioether (sulfide) groups is 1. The second-order valence-electron chi connectivity index (χ2n) is 5.99. The molecule has 0 radical (unpaired) electrons. The Hall–Kier alpha value is -0.710. The molecule has 1 fully saturated rings. The molecule has 0 aliphatic carbocycles. The van der Waals surface area contributed by atoms with E-state index < -0.39 is 11.5 Å². The highest BCUT2D eigenvalue weighted by Crippen LogP contribution is 2.28. The van der Waals surface area contributed by atoms with Crippen molar-refractivity contribution in [1.29, 1.82) is 0 Å². The quantitative estimate of drug-likeness (QED) is 0.788. The number of amides is 1. The third-order valence-electron chi connectivity index (χ3n) is 3.54. The Morgan fingerprint density at radius 3 is 2.32 bits per heavy atom. The topological polar surface area (TPSA) is 66.4 Å². The van der Waals surface area contributed by atoms with Gasteiger partial charge in [-0.3, -0.25) is 4.79 Å². The van der Waals surface area contributed by atoms with E-state index in [1.165, 1.54) is 0 Å². The molecule has 110 valence electrons. The van der Waals surface area contributed by atoms with Crippen LogP contribution < -0.4 is 5.32 Å². The number of rotatable bonds is 6. The van der Waals surface area contributed by atoms with Crippen LogP contribution in [0.3, 0.4) is 0 Å². The maximum absolute atomic E-state index is 12.0. The Morgan fingerprint density at radius 2 is 1.84 bits per heavy atom. The summed E-state index contributed by atoms with van der Waals surface area (Å²) in [5.74, 6) is 1.44. The first kappa shape index (κ1) is 16.3. The summed E-state index contributed by atoms with van der Waals surface area (Å²) in [7, 11) is 0. The number of carboxylic acid groups (broad SMARTS) is 1. The normalized spacial score (nSPS) is 20.0. The number of hydrogen-bond donors (Lipinski definition) is 2. The van der Waals surface area contributed by atoms with E-state index >= 15 is 0 Å². The first-order valence-electron chi connectivity index (χ1n) is 6.98. The number of carboxylic acids is 1. The lowest BCUT2D eigenvalue weighted by Crippen LogP contribution is -2.56. The van der Waals surface area contributed by atoms with Gasteiger partial charge in [-0.05, 0) is 42.6 Å². The second-order valence-corrected chi connectivity index (χ2v) is 7.21. The predicted octanol–water partition coefficient (Wildman–Crippen LogP) is 2.53. The average Bonchev–Trinajstić information content (AvgIpc) is 2.28. The summed E-state index contributed by atoms with van der Waals surface area (Å²) in [6.45, 7) is 6.31. The van der Waals surface area contributed by atoms with Crippen molar-refractivity contribution < 1.29 is 14.7 Å². The fourth-order valence-corrected chi connectivity index (χ4v) is 3.82. The minimum atomic E-state index is -1.03. The van der Waals surface area contributed by atoms with Crippen molar-refractivity contribution in [1.82, 2.24) is 5.32 Å². The second kappa shape index (κ2) is 7.17. The van der Waals surface area contributed by atoms with Crippen LogP contribution in [0.15, 0.2) is 0 Å². The number of carbonyl (C=O) groups is 2. The zero-order valence-corrected chi connectivity index (χ0v) is 12.9. The van der Waals surface area contributed by atoms with Crippen LogP contribution in [0.1, 0.15) is 46.5 Å². The molecule has 0 aromatic carbocycles. The third kappa shape index (κ3) is 5.05. The van der Waals surface area contributed by atoms with Gasteiger partial charge in [0.2, 0.25) is 5.91 Å². The van der Waals surface area contributed by atoms with E-state index in [1.807, 2.05) is 6.92 Å². The van der Waals surface area contributed by atoms with Gasteiger partial charge in [-0.15, -0.1) is 0 Å². The molecule has 5 heteroatoms. The van der Waals surface area contributed by atoms with Crippen LogP contribution >= 0.6 is 11.8 Å². The Kier molecular flexibility index (Phi) is 6.17. The fourth-order valence-electron chi connectivity index (χ4n) is 2.63. The highest BCUT2D eigenvalue weighted by atomic mass is 32.2. The largest absolute Gasteiger partial charge is 0.480 e. The van der Waals surface area contributed by atoms with Gasteiger partial charge in [-0.1, -0.05) is 20.8 Å². The highest BCUT2D eigenvalue weighted by molar-refractivity contribution is 7.99. The van der Waals surface area contributed by atoms with E-state index in [-0.39, 0.29) is 5.91 Å². The summed E-state index contributed by atoms with van der Waals surface area (Å²) in [6.07, 6.45) is 2.46. The molecule has 1 rings (SSSR count). The molecule has 1 unspecified atom stereocenters. The van der Waals surface area contributed by atoms with E-state index in [1.54, 1.807) is 11.8 Å². The van der Waals surface area contributed by atoms with E-state index in [9.17, 15) is 14.7 Å². The molecular formula is C14H25NO3S. The molecule has 0 aromatic rings. The van der Waals surface area contributed by atoms with Gasteiger partial charge in [-0.25, -0.2) is 4.79 Å². The minimum absolute atomic E-state index is 0.123. The smallest absolute Gasteiger partial charge is 0.329 e. The third-order valence-corrected chi connectivity index (χ3v) is 4.53. The van der Waals surface area contributed by atoms with Crippen LogP contribution in [-0.2, 0) is 9.59 Å². The van der Waals surface area contributed by atoms with Crippen LogP contribution in [0.25, 0.3) is 0 Å². The first-order valence-corrected chi connectivity index (χ1v) is 8.13. The monoisotopic (exact) mass is 287 g/mol. The molecule has 19 heavy (non-hydrogen) atoms. The molecule has 1 amide bonds. The van der Waals surface area contributed by atoms with E-state index in [0.717, 1.165) is 17.9 Å². The van der Waals surface area contributed by atoms with Crippen molar-refractivity contribution in [2.24, 2.45) is 11.8 Å². The van der Waals surface area contributed by atoms with Crippen LogP contribution in [0, 0.1) is 11.8 Å². The summed E-state index contributed by atoms with van der Waals surface area (Å²) >= 11 is 1.75. The molecule has 1 heterocycles. The number of carbonyl (C=O) groups excluding carboxylic acids is 1. The van der Waals surface area contributed by atoms with Gasteiger partial charge in [-0.2, -0.15) is 11.8 Å². The Balaban J connectivity index is 2.55. The van der Waals surface area contributed by atoms with Crippen molar-refractivity contribution in [3.05, 3.63) is 0 Å². The molecule has 0 aromatic heterocycles. The first-order chi connectivity index (χ1) is 8.85. The van der Waals surface area contributed by atoms with Crippen molar-refractivity contribution in [2.75, 3.05) is 11.5 Å². The molecule has 1 atom stereocenters. The van der Waals surface area contributed by atoms with Crippen molar-refractivity contribution in [3.63, 3.8) is 0 Å². The van der Waals surface area contributed by atoms with E-state index in [2.05, 4.69) is 19.2 Å². The summed E-state index contributed by atoms with van der Waals surface area (Å²) in [5.41, 5.74) is -1.03. The van der Waals surface area contributed by atoms with Gasteiger partial charge in [0.25, 0.3) is 0 Å². The number of aliphatic carboxylic acids is 1. The molecule has 1 aliphatic heterocycles. The number of nitrogens with one attached hydrogen (secondary N) is 1. The standard InChI is InChI=1S/C14H25NO3S/c1-10(2)8-11(3)9-12(16)15-14(13(17)18)4-6-19-7-5-14/h10-11H,4-9H2,1-3H3,(H,15,16)(H,17,18). The molecule has 4 nitrogen and oxygen atoms in total. The summed E-state index contributed by atoms with van der Waals surface area (Å²) in [6, 6.07) is 0. The summed E-state index contributed by atoms with van der Waals surface area (Å²) in [4.78, 5) is 23.5. The van der Waals surface area contributed by atoms with Gasteiger partial charge in [0.15, 0.2) is 0 Å². The van der Waals surface area contributed by atoms with Crippen molar-refractivity contribution in [2.45, 2.75) is 52.0 Å². The van der Waals surface area contributed by atoms with Gasteiger partial charge < -0.3 is 10.4 Å². The lowest BCUT2D eigenvalue weighted by atomic mass is 9.90. The summed E-state index contributed by atoms with van der Waals surface area (Å²) < 4.78 is 0. The van der Waals surface area contributed by atoms with Crippen molar-refractivity contribution >= 4 is 23.6 Å². The Bertz CT molecular complexity index is 325. The van der Waals surface area contributed by atoms with Crippen LogP contribution in [0.5, 0.6) is 0 Å². The minimum Gasteiger partial charge on any atom is -0.480 e. The van der Waals surface area contributed by atoms with Gasteiger partial charge in [0.1, 0.15) is 5.54 Å². The number of hydrogen-bond acceptors (Lipinski definition) is 3. The molecule has 0 saturated carbocycles. The van der Waals surface area contributed by atoms with E-state index in [0.29, 0.717) is 31.1 Å². The molecule has 0 spiro atoms. The zero-order valence-electron chi connectivity index (χ0n) is 12.1. The Labute approximate surface area is 119 Å². The van der Waals surface area contributed by atoms with Gasteiger partial charge >= 0.3 is 5.97 Å². The highest BCUT2D eigenvalue weighted by Gasteiger charge is 2.41. The lowest BCUT2D eigenvalue weighted by Gasteiger charge is -2.34. The van der Waals surface area contributed by atoms with Crippen LogP contribution in [0.2, 0.25) is 0 Å². The molecular weight excluding hydrogens is 262 g/mol. The zero-order chi connectivity index (χ0) is 14.5. The maximum Gasteiger partial charge on any atom is 0.329 e. The lowest BCUT2D eigenvalue weighted by molar-refractivity contribution is -0.148. The van der Waals surface area contributed by atoms with Crippen LogP contribution in [-0.4, -0.2) is 34.0 Å². The fraction of sp³-hybridized carbons (Fsp3) is 0.857. The average molecular weight is 287 g/mol. The van der Waals surface area contributed by atoms with Gasteiger partial charge in [0.05, 0.1) is 0 Å². The Morgan fingerprint density at radius 1 is 1.26 bits per heavy atom. The molecule has 1 saturated heterocycles. The van der Waals surface area contributed by atoms with Gasteiger partial charge in [0, 0.05) is 6.42 Å². The van der Waals surface area contributed by atoms with Crippen LogP contribution in [0.4, 0.5) is 0 Å². The summed E-state index contributed by atoms with van der Waals surface area (Å²) in [5, 5.41) is 12.2. The molecule has 0 bridgehead atoms. The molecule has 1 aliphatic rings. The van der Waals surface area contributed by atoms with Crippen molar-refractivity contribution in [3.8, 4) is 0 Å². The maximum atomic E-state index is 12.0. The predicted molar refractivity (Wildman–Crippen MR) is 78.3 cm³/mol.